The average molecular weight is 217 g/mol. The van der Waals surface area contributed by atoms with E-state index < -0.39 is 0 Å². The smallest absolute Gasteiger partial charge is 0.151 e. The van der Waals surface area contributed by atoms with E-state index in [1.165, 1.54) is 5.56 Å². The van der Waals surface area contributed by atoms with Gasteiger partial charge < -0.3 is 5.32 Å². The molecule has 0 amide bonds. The van der Waals surface area contributed by atoms with E-state index in [1.807, 2.05) is 19.2 Å². The molecule has 0 unspecified atom stereocenters. The van der Waals surface area contributed by atoms with Gasteiger partial charge in [0.1, 0.15) is 6.33 Å². The Hall–Kier alpha value is -1.75. The lowest BCUT2D eigenvalue weighted by molar-refractivity contribution is 0.660. The minimum Gasteiger partial charge on any atom is -0.312 e. The summed E-state index contributed by atoms with van der Waals surface area (Å²) < 4.78 is 1.72. The van der Waals surface area contributed by atoms with Crippen LogP contribution in [0.25, 0.3) is 0 Å². The zero-order chi connectivity index (χ0) is 11.2. The molecule has 0 aliphatic rings. The van der Waals surface area contributed by atoms with Gasteiger partial charge in [-0.15, -0.1) is 0 Å². The summed E-state index contributed by atoms with van der Waals surface area (Å²) in [5, 5.41) is 7.55. The molecule has 0 bridgehead atoms. The maximum atomic E-state index is 4.21. The Morgan fingerprint density at radius 1 is 1.31 bits per heavy atom. The third-order valence-corrected chi connectivity index (χ3v) is 2.25. The lowest BCUT2D eigenvalue weighted by Gasteiger charge is -2.02. The first kappa shape index (κ1) is 10.8. The van der Waals surface area contributed by atoms with Crippen molar-refractivity contribution in [3.05, 3.63) is 42.2 Å². The molecule has 2 aromatic heterocycles. The first-order chi connectivity index (χ1) is 7.84. The number of hydrogen-bond acceptors (Lipinski definition) is 4. The molecular weight excluding hydrogens is 202 g/mol. The molecule has 0 atom stereocenters. The van der Waals surface area contributed by atoms with Gasteiger partial charge in [-0.3, -0.25) is 9.67 Å². The van der Waals surface area contributed by atoms with Crippen LogP contribution in [0.5, 0.6) is 0 Å². The fourth-order valence-electron chi connectivity index (χ4n) is 1.43. The van der Waals surface area contributed by atoms with Gasteiger partial charge in [-0.1, -0.05) is 0 Å². The highest BCUT2D eigenvalue weighted by Crippen LogP contribution is 1.95. The van der Waals surface area contributed by atoms with Crippen LogP contribution < -0.4 is 5.32 Å². The number of pyridine rings is 1. The Morgan fingerprint density at radius 2 is 2.12 bits per heavy atom. The fraction of sp³-hybridized carbons (Fsp3) is 0.364. The predicted octanol–water partition coefficient (Wildman–Crippen LogP) is 0.542. The van der Waals surface area contributed by atoms with Gasteiger partial charge >= 0.3 is 0 Å². The second kappa shape index (κ2) is 5.37. The summed E-state index contributed by atoms with van der Waals surface area (Å²) >= 11 is 0. The molecule has 16 heavy (non-hydrogen) atoms. The summed E-state index contributed by atoms with van der Waals surface area (Å²) in [6.07, 6.45) is 6.18. The van der Waals surface area contributed by atoms with Crippen LogP contribution in [0.15, 0.2) is 30.9 Å². The quantitative estimate of drug-likeness (QED) is 0.743. The monoisotopic (exact) mass is 217 g/mol. The van der Waals surface area contributed by atoms with E-state index in [0.717, 1.165) is 25.3 Å². The summed E-state index contributed by atoms with van der Waals surface area (Å²) in [7, 11) is 1.88. The van der Waals surface area contributed by atoms with Crippen LogP contribution in [0.4, 0.5) is 0 Å². The zero-order valence-electron chi connectivity index (χ0n) is 9.30. The molecule has 0 aliphatic heterocycles. The molecule has 0 fully saturated rings. The highest BCUT2D eigenvalue weighted by atomic mass is 15.3. The minimum atomic E-state index is 0.853. The molecule has 5 heteroatoms. The standard InChI is InChI=1S/C11H15N5/c1-16-9-14-11(15-16)4-7-13-8-10-2-5-12-6-3-10/h2-3,5-6,9,13H,4,7-8H2,1H3. The van der Waals surface area contributed by atoms with Crippen LogP contribution in [0.3, 0.4) is 0 Å². The highest BCUT2D eigenvalue weighted by Gasteiger charge is 1.97. The van der Waals surface area contributed by atoms with Gasteiger partial charge in [0.15, 0.2) is 5.82 Å². The maximum absolute atomic E-state index is 4.21. The zero-order valence-corrected chi connectivity index (χ0v) is 9.30. The van der Waals surface area contributed by atoms with Crippen molar-refractivity contribution in [1.29, 1.82) is 0 Å². The van der Waals surface area contributed by atoms with Gasteiger partial charge in [-0.05, 0) is 17.7 Å². The predicted molar refractivity (Wildman–Crippen MR) is 60.7 cm³/mol. The summed E-state index contributed by atoms with van der Waals surface area (Å²) in [5.41, 5.74) is 1.24. The molecule has 2 aromatic rings. The van der Waals surface area contributed by atoms with E-state index in [9.17, 15) is 0 Å². The lowest BCUT2D eigenvalue weighted by atomic mass is 10.2. The molecular formula is C11H15N5. The lowest BCUT2D eigenvalue weighted by Crippen LogP contribution is -2.17. The molecule has 2 heterocycles. The van der Waals surface area contributed by atoms with E-state index in [1.54, 1.807) is 23.4 Å². The van der Waals surface area contributed by atoms with Gasteiger partial charge in [0.05, 0.1) is 0 Å². The molecule has 0 spiro atoms. The molecule has 0 radical (unpaired) electrons. The summed E-state index contributed by atoms with van der Waals surface area (Å²) in [6, 6.07) is 4.01. The number of nitrogens with one attached hydrogen (secondary N) is 1. The Kier molecular flexibility index (Phi) is 3.61. The maximum Gasteiger partial charge on any atom is 0.151 e. The summed E-state index contributed by atoms with van der Waals surface area (Å²) in [5.74, 6) is 0.879. The van der Waals surface area contributed by atoms with Gasteiger partial charge in [-0.2, -0.15) is 5.10 Å². The Bertz CT molecular complexity index is 423. The van der Waals surface area contributed by atoms with Crippen molar-refractivity contribution in [3.8, 4) is 0 Å². The van der Waals surface area contributed by atoms with Crippen molar-refractivity contribution in [1.82, 2.24) is 25.1 Å². The van der Waals surface area contributed by atoms with Gasteiger partial charge in [0, 0.05) is 39.0 Å². The van der Waals surface area contributed by atoms with Crippen LogP contribution in [-0.2, 0) is 20.0 Å². The van der Waals surface area contributed by atoms with Crippen LogP contribution in [0.1, 0.15) is 11.4 Å². The van der Waals surface area contributed by atoms with Crippen molar-refractivity contribution in [2.75, 3.05) is 6.54 Å². The van der Waals surface area contributed by atoms with Gasteiger partial charge in [0.25, 0.3) is 0 Å². The third kappa shape index (κ3) is 3.13. The number of nitrogens with zero attached hydrogens (tertiary/aromatic N) is 4. The number of aryl methyl sites for hydroxylation is 1. The normalized spacial score (nSPS) is 10.6. The molecule has 0 saturated carbocycles. The third-order valence-electron chi connectivity index (χ3n) is 2.25. The molecule has 84 valence electrons. The van der Waals surface area contributed by atoms with Crippen molar-refractivity contribution in [2.45, 2.75) is 13.0 Å². The SMILES string of the molecule is Cn1cnc(CCNCc2ccncc2)n1. The van der Waals surface area contributed by atoms with E-state index in [4.69, 9.17) is 0 Å². The van der Waals surface area contributed by atoms with Gasteiger partial charge in [-0.25, -0.2) is 4.98 Å². The number of hydrogen-bond donors (Lipinski definition) is 1. The van der Waals surface area contributed by atoms with E-state index >= 15 is 0 Å². The second-order valence-electron chi connectivity index (χ2n) is 3.62. The molecule has 1 N–H and O–H groups in total. The van der Waals surface area contributed by atoms with E-state index in [2.05, 4.69) is 20.4 Å². The molecule has 0 saturated heterocycles. The van der Waals surface area contributed by atoms with Crippen LogP contribution in [-0.4, -0.2) is 26.3 Å². The second-order valence-corrected chi connectivity index (χ2v) is 3.62. The van der Waals surface area contributed by atoms with Crippen molar-refractivity contribution < 1.29 is 0 Å². The van der Waals surface area contributed by atoms with Crippen LogP contribution in [0.2, 0.25) is 0 Å². The fourth-order valence-corrected chi connectivity index (χ4v) is 1.43. The Morgan fingerprint density at radius 3 is 2.81 bits per heavy atom. The average Bonchev–Trinajstić information content (AvgIpc) is 2.72. The highest BCUT2D eigenvalue weighted by molar-refractivity contribution is 5.08. The summed E-state index contributed by atoms with van der Waals surface area (Å²) in [4.78, 5) is 8.14. The number of rotatable bonds is 5. The van der Waals surface area contributed by atoms with E-state index in [-0.39, 0.29) is 0 Å². The van der Waals surface area contributed by atoms with Crippen LogP contribution in [0, 0.1) is 0 Å². The van der Waals surface area contributed by atoms with Crippen molar-refractivity contribution in [2.24, 2.45) is 7.05 Å². The first-order valence-electron chi connectivity index (χ1n) is 5.29. The largest absolute Gasteiger partial charge is 0.312 e. The first-order valence-corrected chi connectivity index (χ1v) is 5.29. The Labute approximate surface area is 94.5 Å². The van der Waals surface area contributed by atoms with Crippen molar-refractivity contribution >= 4 is 0 Å². The molecule has 0 aliphatic carbocycles. The molecule has 0 aromatic carbocycles. The summed E-state index contributed by atoms with van der Waals surface area (Å²) in [6.45, 7) is 1.74. The van der Waals surface area contributed by atoms with Gasteiger partial charge in [0.2, 0.25) is 0 Å². The number of aromatic nitrogens is 4. The topological polar surface area (TPSA) is 55.6 Å². The van der Waals surface area contributed by atoms with Crippen molar-refractivity contribution in [3.63, 3.8) is 0 Å². The van der Waals surface area contributed by atoms with E-state index in [0.29, 0.717) is 0 Å². The van der Waals surface area contributed by atoms with Crippen LogP contribution >= 0.6 is 0 Å². The molecule has 2 rings (SSSR count). The Balaban J connectivity index is 1.69. The molecule has 5 nitrogen and oxygen atoms in total. The minimum absolute atomic E-state index is 0.853.